The van der Waals surface area contributed by atoms with Crippen LogP contribution in [0.1, 0.15) is 73.7 Å². The molecular weight excluding hydrogens is 260 g/mol. The van der Waals surface area contributed by atoms with Crippen molar-refractivity contribution in [3.05, 3.63) is 35.4 Å². The van der Waals surface area contributed by atoms with Crippen molar-refractivity contribution >= 4 is 5.78 Å². The molecule has 0 atom stereocenters. The van der Waals surface area contributed by atoms with Gasteiger partial charge in [-0.15, -0.1) is 0 Å². The van der Waals surface area contributed by atoms with Crippen LogP contribution in [-0.2, 0) is 4.74 Å². The van der Waals surface area contributed by atoms with Gasteiger partial charge in [0.25, 0.3) is 0 Å². The Bertz CT molecular complexity index is 508. The van der Waals surface area contributed by atoms with E-state index in [1.54, 1.807) is 7.11 Å². The van der Waals surface area contributed by atoms with Crippen LogP contribution in [0.15, 0.2) is 24.3 Å². The summed E-state index contributed by atoms with van der Waals surface area (Å²) in [5.74, 6) is 1.57. The summed E-state index contributed by atoms with van der Waals surface area (Å²) in [6.07, 6.45) is 7.75. The highest BCUT2D eigenvalue weighted by Crippen LogP contribution is 2.39. The van der Waals surface area contributed by atoms with E-state index in [0.717, 1.165) is 31.2 Å². The highest BCUT2D eigenvalue weighted by atomic mass is 16.5. The van der Waals surface area contributed by atoms with Crippen molar-refractivity contribution in [1.82, 2.24) is 0 Å². The van der Waals surface area contributed by atoms with Crippen molar-refractivity contribution in [1.29, 1.82) is 0 Å². The third-order valence-electron chi connectivity index (χ3n) is 5.61. The van der Waals surface area contributed by atoms with Crippen molar-refractivity contribution < 1.29 is 9.53 Å². The lowest BCUT2D eigenvalue weighted by atomic mass is 9.74. The highest BCUT2D eigenvalue weighted by molar-refractivity contribution is 6.02. The first-order chi connectivity index (χ1) is 10.1. The molecule has 0 aromatic heterocycles. The van der Waals surface area contributed by atoms with Crippen molar-refractivity contribution in [3.63, 3.8) is 0 Å². The Kier molecular flexibility index (Phi) is 4.17. The summed E-state index contributed by atoms with van der Waals surface area (Å²) in [5.41, 5.74) is 1.60. The second-order valence-electron chi connectivity index (χ2n) is 6.96. The molecule has 2 heteroatoms. The minimum absolute atomic E-state index is 0.193. The van der Waals surface area contributed by atoms with E-state index >= 15 is 0 Å². The number of benzene rings is 1. The third-order valence-corrected chi connectivity index (χ3v) is 5.61. The molecule has 1 aromatic carbocycles. The van der Waals surface area contributed by atoms with Crippen LogP contribution in [0, 0.1) is 5.92 Å². The molecule has 0 saturated heterocycles. The van der Waals surface area contributed by atoms with Gasteiger partial charge >= 0.3 is 0 Å². The number of ether oxygens (including phenoxy) is 1. The highest BCUT2D eigenvalue weighted by Gasteiger charge is 2.41. The Morgan fingerprint density at radius 2 is 1.90 bits per heavy atom. The Morgan fingerprint density at radius 3 is 2.48 bits per heavy atom. The average Bonchev–Trinajstić information content (AvgIpc) is 2.46. The van der Waals surface area contributed by atoms with E-state index in [9.17, 15) is 4.79 Å². The van der Waals surface area contributed by atoms with E-state index < -0.39 is 5.60 Å². The number of rotatable bonds is 4. The van der Waals surface area contributed by atoms with Crippen LogP contribution in [0.3, 0.4) is 0 Å². The molecule has 3 rings (SSSR count). The lowest BCUT2D eigenvalue weighted by molar-refractivity contribution is -0.0263. The molecule has 2 aliphatic rings. The summed E-state index contributed by atoms with van der Waals surface area (Å²) in [6.45, 7) is 2.27. The minimum Gasteiger partial charge on any atom is -0.370 e. The Balaban J connectivity index is 1.83. The maximum atomic E-state index is 13.0. The monoisotopic (exact) mass is 286 g/mol. The van der Waals surface area contributed by atoms with Gasteiger partial charge in [-0.1, -0.05) is 31.5 Å². The molecule has 2 nitrogen and oxygen atoms in total. The molecule has 2 saturated carbocycles. The molecule has 2 aliphatic carbocycles. The largest absolute Gasteiger partial charge is 0.370 e. The first kappa shape index (κ1) is 14.8. The summed E-state index contributed by atoms with van der Waals surface area (Å²) in [4.78, 5) is 13.0. The standard InChI is InChI=1S/C19H26O2/c1-14-9-11-19(21-2,12-10-14)18(20)17-8-4-7-16(13-17)15-5-3-6-15/h4,7-8,13-15H,3,5-6,9-12H2,1-2H3. The van der Waals surface area contributed by atoms with E-state index in [1.165, 1.54) is 24.8 Å². The maximum Gasteiger partial charge on any atom is 0.194 e. The van der Waals surface area contributed by atoms with Crippen LogP contribution in [0.25, 0.3) is 0 Å². The first-order valence-corrected chi connectivity index (χ1v) is 8.34. The molecule has 114 valence electrons. The second kappa shape index (κ2) is 5.92. The predicted molar refractivity (Wildman–Crippen MR) is 84.7 cm³/mol. The molecule has 0 aliphatic heterocycles. The zero-order valence-corrected chi connectivity index (χ0v) is 13.2. The van der Waals surface area contributed by atoms with Crippen molar-refractivity contribution in [3.8, 4) is 0 Å². The van der Waals surface area contributed by atoms with E-state index in [2.05, 4.69) is 19.1 Å². The van der Waals surface area contributed by atoms with E-state index in [0.29, 0.717) is 11.8 Å². The van der Waals surface area contributed by atoms with Gasteiger partial charge in [0.1, 0.15) is 5.60 Å². The third kappa shape index (κ3) is 2.78. The van der Waals surface area contributed by atoms with E-state index in [4.69, 9.17) is 4.74 Å². The minimum atomic E-state index is -0.579. The summed E-state index contributed by atoms with van der Waals surface area (Å²) >= 11 is 0. The van der Waals surface area contributed by atoms with Crippen molar-refractivity contribution in [2.75, 3.05) is 7.11 Å². The summed E-state index contributed by atoms with van der Waals surface area (Å²) < 4.78 is 5.73. The van der Waals surface area contributed by atoms with Gasteiger partial charge < -0.3 is 4.74 Å². The lowest BCUT2D eigenvalue weighted by Gasteiger charge is -2.37. The van der Waals surface area contributed by atoms with Crippen molar-refractivity contribution in [2.24, 2.45) is 5.92 Å². The van der Waals surface area contributed by atoms with E-state index in [1.807, 2.05) is 12.1 Å². The predicted octanol–water partition coefficient (Wildman–Crippen LogP) is 4.73. The van der Waals surface area contributed by atoms with Crippen molar-refractivity contribution in [2.45, 2.75) is 63.4 Å². The Hall–Kier alpha value is -1.15. The molecule has 0 heterocycles. The molecule has 0 amide bonds. The molecule has 0 N–H and O–H groups in total. The van der Waals surface area contributed by atoms with Gasteiger partial charge in [0.2, 0.25) is 0 Å². The fourth-order valence-corrected chi connectivity index (χ4v) is 3.69. The van der Waals surface area contributed by atoms with Crippen LogP contribution in [0.2, 0.25) is 0 Å². The topological polar surface area (TPSA) is 26.3 Å². The summed E-state index contributed by atoms with van der Waals surface area (Å²) in [5, 5.41) is 0. The summed E-state index contributed by atoms with van der Waals surface area (Å²) in [6, 6.07) is 8.28. The zero-order valence-electron chi connectivity index (χ0n) is 13.2. The first-order valence-electron chi connectivity index (χ1n) is 8.34. The average molecular weight is 286 g/mol. The van der Waals surface area contributed by atoms with Crippen LogP contribution in [-0.4, -0.2) is 18.5 Å². The molecule has 1 aromatic rings. The number of Topliss-reactive ketones (excluding diaryl/α,β-unsaturated/α-hetero) is 1. The van der Waals surface area contributed by atoms with Gasteiger partial charge in [0.15, 0.2) is 5.78 Å². The van der Waals surface area contributed by atoms with Gasteiger partial charge in [0.05, 0.1) is 0 Å². The molecular formula is C19H26O2. The number of methoxy groups -OCH3 is 1. The number of ketones is 1. The van der Waals surface area contributed by atoms with Crippen LogP contribution < -0.4 is 0 Å². The quantitative estimate of drug-likeness (QED) is 0.748. The maximum absolute atomic E-state index is 13.0. The molecule has 0 radical (unpaired) electrons. The molecule has 21 heavy (non-hydrogen) atoms. The normalized spacial score (nSPS) is 29.9. The smallest absolute Gasteiger partial charge is 0.194 e. The number of carbonyl (C=O) groups is 1. The fraction of sp³-hybridized carbons (Fsp3) is 0.632. The Labute approximate surface area is 127 Å². The second-order valence-corrected chi connectivity index (χ2v) is 6.96. The molecule has 2 fully saturated rings. The number of carbonyl (C=O) groups excluding carboxylic acids is 1. The van der Waals surface area contributed by atoms with Crippen LogP contribution in [0.4, 0.5) is 0 Å². The van der Waals surface area contributed by atoms with Gasteiger partial charge in [-0.05, 0) is 62.0 Å². The van der Waals surface area contributed by atoms with Crippen LogP contribution in [0.5, 0.6) is 0 Å². The molecule has 0 spiro atoms. The number of hydrogen-bond donors (Lipinski definition) is 0. The Morgan fingerprint density at radius 1 is 1.19 bits per heavy atom. The van der Waals surface area contributed by atoms with Gasteiger partial charge in [-0.3, -0.25) is 4.79 Å². The lowest BCUT2D eigenvalue weighted by Crippen LogP contribution is -2.43. The van der Waals surface area contributed by atoms with Crippen LogP contribution >= 0.6 is 0 Å². The fourth-order valence-electron chi connectivity index (χ4n) is 3.69. The molecule has 0 bridgehead atoms. The van der Waals surface area contributed by atoms with Gasteiger partial charge in [0, 0.05) is 12.7 Å². The number of hydrogen-bond acceptors (Lipinski definition) is 2. The van der Waals surface area contributed by atoms with Gasteiger partial charge in [-0.25, -0.2) is 0 Å². The zero-order chi connectivity index (χ0) is 14.9. The van der Waals surface area contributed by atoms with Gasteiger partial charge in [-0.2, -0.15) is 0 Å². The SMILES string of the molecule is COC1(C(=O)c2cccc(C3CCC3)c2)CCC(C)CC1. The summed E-state index contributed by atoms with van der Waals surface area (Å²) in [7, 11) is 1.70. The molecule has 0 unspecified atom stereocenters. The van der Waals surface area contributed by atoms with E-state index in [-0.39, 0.29) is 5.78 Å².